The Hall–Kier alpha value is -3.48. The molecule has 2 amide bonds. The molecule has 0 bridgehead atoms. The van der Waals surface area contributed by atoms with Crippen molar-refractivity contribution in [3.8, 4) is 11.6 Å². The maximum absolute atomic E-state index is 14.1. The van der Waals surface area contributed by atoms with Crippen LogP contribution in [0.25, 0.3) is 0 Å². The lowest BCUT2D eigenvalue weighted by Crippen LogP contribution is -2.48. The fourth-order valence-electron chi connectivity index (χ4n) is 4.19. The average Bonchev–Trinajstić information content (AvgIpc) is 3.36. The number of carbonyl (C=O) groups excluding carboxylic acids is 2. The number of benzene rings is 1. The van der Waals surface area contributed by atoms with Crippen molar-refractivity contribution in [2.45, 2.75) is 63.7 Å². The van der Waals surface area contributed by atoms with E-state index in [-0.39, 0.29) is 41.2 Å². The van der Waals surface area contributed by atoms with Crippen molar-refractivity contribution in [3.63, 3.8) is 0 Å². The number of anilines is 2. The van der Waals surface area contributed by atoms with E-state index in [4.69, 9.17) is 14.2 Å². The van der Waals surface area contributed by atoms with Crippen LogP contribution in [-0.2, 0) is 32.5 Å². The summed E-state index contributed by atoms with van der Waals surface area (Å²) >= 11 is 0. The van der Waals surface area contributed by atoms with Crippen molar-refractivity contribution in [2.24, 2.45) is 0 Å². The Balaban J connectivity index is 1.74. The second-order valence-corrected chi connectivity index (χ2v) is 11.4. The van der Waals surface area contributed by atoms with Crippen molar-refractivity contribution in [2.75, 3.05) is 29.8 Å². The van der Waals surface area contributed by atoms with Crippen LogP contribution in [0.3, 0.4) is 0 Å². The highest BCUT2D eigenvalue weighted by Gasteiger charge is 2.40. The van der Waals surface area contributed by atoms with E-state index < -0.39 is 27.8 Å². The summed E-state index contributed by atoms with van der Waals surface area (Å²) in [6.45, 7) is 7.26. The van der Waals surface area contributed by atoms with Gasteiger partial charge in [-0.1, -0.05) is 0 Å². The molecule has 1 aromatic heterocycles. The Bertz CT molecular complexity index is 1280. The second kappa shape index (κ2) is 9.52. The lowest BCUT2D eigenvalue weighted by molar-refractivity contribution is -0.119. The van der Waals surface area contributed by atoms with Gasteiger partial charge in [0.15, 0.2) is 4.90 Å². The highest BCUT2D eigenvalue weighted by atomic mass is 32.2. The van der Waals surface area contributed by atoms with Crippen molar-refractivity contribution in [3.05, 3.63) is 23.9 Å². The molecule has 0 fully saturated rings. The number of hydrogen-bond donors (Lipinski definition) is 2. The van der Waals surface area contributed by atoms with Crippen LogP contribution in [0.5, 0.6) is 11.6 Å². The number of rotatable bonds is 6. The van der Waals surface area contributed by atoms with Gasteiger partial charge in [-0.2, -0.15) is 0 Å². The van der Waals surface area contributed by atoms with Crippen LogP contribution in [0.4, 0.5) is 16.2 Å². The predicted molar refractivity (Wildman–Crippen MR) is 131 cm³/mol. The quantitative estimate of drug-likeness (QED) is 0.590. The molecule has 36 heavy (non-hydrogen) atoms. The Morgan fingerprint density at radius 2 is 2.03 bits per heavy atom. The first-order chi connectivity index (χ1) is 16.9. The van der Waals surface area contributed by atoms with Crippen LogP contribution in [-0.4, -0.2) is 62.1 Å². The summed E-state index contributed by atoms with van der Waals surface area (Å²) in [7, 11) is -2.78. The van der Waals surface area contributed by atoms with Gasteiger partial charge in [-0.3, -0.25) is 19.1 Å². The molecule has 0 unspecified atom stereocenters. The van der Waals surface area contributed by atoms with Gasteiger partial charge in [-0.25, -0.2) is 13.2 Å². The highest BCUT2D eigenvalue weighted by molar-refractivity contribution is 7.93. The first-order valence-corrected chi connectivity index (χ1v) is 13.0. The van der Waals surface area contributed by atoms with Crippen molar-refractivity contribution in [1.82, 2.24) is 15.1 Å². The number of aromatic nitrogens is 2. The van der Waals surface area contributed by atoms with Gasteiger partial charge in [-0.05, 0) is 51.8 Å². The zero-order chi connectivity index (χ0) is 26.3. The highest BCUT2D eigenvalue weighted by Crippen LogP contribution is 2.42. The van der Waals surface area contributed by atoms with E-state index in [2.05, 4.69) is 15.7 Å². The van der Waals surface area contributed by atoms with Gasteiger partial charge in [0.05, 0.1) is 31.6 Å². The number of nitrogens with zero attached hydrogens (tertiary/aromatic N) is 3. The van der Waals surface area contributed by atoms with Gasteiger partial charge in [0, 0.05) is 19.2 Å². The molecule has 3 heterocycles. The van der Waals surface area contributed by atoms with Crippen LogP contribution >= 0.6 is 0 Å². The summed E-state index contributed by atoms with van der Waals surface area (Å²) in [5, 5.41) is 9.63. The lowest BCUT2D eigenvalue weighted by atomic mass is 10.2. The monoisotopic (exact) mass is 521 g/mol. The molecule has 1 atom stereocenters. The van der Waals surface area contributed by atoms with Gasteiger partial charge in [0.1, 0.15) is 17.5 Å². The molecule has 12 nitrogen and oxygen atoms in total. The van der Waals surface area contributed by atoms with Gasteiger partial charge in [-0.15, -0.1) is 5.10 Å². The number of ether oxygens (including phenoxy) is 3. The number of carbonyl (C=O) groups is 2. The van der Waals surface area contributed by atoms with E-state index in [9.17, 15) is 18.0 Å². The van der Waals surface area contributed by atoms with Crippen LogP contribution in [0.15, 0.2) is 23.1 Å². The Labute approximate surface area is 209 Å². The molecule has 2 aliphatic heterocycles. The lowest BCUT2D eigenvalue weighted by Gasteiger charge is -2.35. The largest absolute Gasteiger partial charge is 0.484 e. The molecule has 2 aromatic rings. The first-order valence-electron chi connectivity index (χ1n) is 11.6. The summed E-state index contributed by atoms with van der Waals surface area (Å²) in [6, 6.07) is 4.68. The fraction of sp³-hybridized carbons (Fsp3) is 0.522. The fourth-order valence-corrected chi connectivity index (χ4v) is 6.02. The summed E-state index contributed by atoms with van der Waals surface area (Å²) in [5.41, 5.74) is 0.455. The van der Waals surface area contributed by atoms with E-state index in [1.165, 1.54) is 24.4 Å². The van der Waals surface area contributed by atoms with Gasteiger partial charge < -0.3 is 19.5 Å². The second-order valence-electron chi connectivity index (χ2n) is 9.63. The summed E-state index contributed by atoms with van der Waals surface area (Å²) in [6.07, 6.45) is 0.0186. The summed E-state index contributed by atoms with van der Waals surface area (Å²) < 4.78 is 47.7. The third kappa shape index (κ3) is 5.20. The average molecular weight is 522 g/mol. The van der Waals surface area contributed by atoms with E-state index in [1.807, 2.05) is 0 Å². The van der Waals surface area contributed by atoms with Crippen LogP contribution in [0.2, 0.25) is 0 Å². The molecule has 0 spiro atoms. The molecule has 2 aliphatic rings. The number of amides is 2. The minimum atomic E-state index is -4.16. The van der Waals surface area contributed by atoms with Crippen molar-refractivity contribution < 1.29 is 32.2 Å². The molecule has 13 heteroatoms. The number of methoxy groups -OCH3 is 1. The first kappa shape index (κ1) is 25.6. The Morgan fingerprint density at radius 3 is 2.69 bits per heavy atom. The number of hydrogen-bond acceptors (Lipinski definition) is 8. The van der Waals surface area contributed by atoms with E-state index in [0.29, 0.717) is 24.3 Å². The molecule has 196 valence electrons. The van der Waals surface area contributed by atoms with Crippen LogP contribution in [0.1, 0.15) is 39.8 Å². The van der Waals surface area contributed by atoms with Crippen LogP contribution in [0, 0.1) is 0 Å². The minimum absolute atomic E-state index is 0.0131. The molecule has 1 aromatic carbocycles. The van der Waals surface area contributed by atoms with Crippen LogP contribution < -0.4 is 24.4 Å². The molecule has 4 rings (SSSR count). The standard InChI is InChI=1S/C23H31N5O7S/c1-14(29)24-12-16-13-28(36(31,32)20-17-7-6-10-27(17)26-21(20)33-5)18-11-15(8-9-19(18)34-16)25-22(30)35-23(2,3)4/h8-9,11,16H,6-7,10,12-13H2,1-5H3,(H,24,29)(H,25,30)/t16-/m0/s1. The third-order valence-electron chi connectivity index (χ3n) is 5.62. The Morgan fingerprint density at radius 1 is 1.28 bits per heavy atom. The molecular formula is C23H31N5O7S. The number of aryl methyl sites for hydroxylation is 1. The minimum Gasteiger partial charge on any atom is -0.484 e. The summed E-state index contributed by atoms with van der Waals surface area (Å²) in [4.78, 5) is 23.8. The molecule has 0 saturated heterocycles. The third-order valence-corrected chi connectivity index (χ3v) is 7.47. The molecule has 0 aliphatic carbocycles. The smallest absolute Gasteiger partial charge is 0.412 e. The van der Waals surface area contributed by atoms with Gasteiger partial charge in [0.25, 0.3) is 15.9 Å². The normalized spacial score (nSPS) is 17.0. The maximum Gasteiger partial charge on any atom is 0.412 e. The van der Waals surface area contributed by atoms with E-state index >= 15 is 0 Å². The molecule has 0 radical (unpaired) electrons. The van der Waals surface area contributed by atoms with Crippen molar-refractivity contribution >= 4 is 33.4 Å². The summed E-state index contributed by atoms with van der Waals surface area (Å²) in [5.74, 6) is 0.0590. The maximum atomic E-state index is 14.1. The van der Waals surface area contributed by atoms with E-state index in [1.54, 1.807) is 37.6 Å². The molecular weight excluding hydrogens is 490 g/mol. The topological polar surface area (TPSA) is 141 Å². The van der Waals surface area contributed by atoms with E-state index in [0.717, 1.165) is 6.42 Å². The zero-order valence-corrected chi connectivity index (χ0v) is 21.8. The van der Waals surface area contributed by atoms with Gasteiger partial charge >= 0.3 is 6.09 Å². The zero-order valence-electron chi connectivity index (χ0n) is 21.0. The number of nitrogens with one attached hydrogen (secondary N) is 2. The SMILES string of the molecule is COc1nn2c(c1S(=O)(=O)N1C[C@H](CNC(C)=O)Oc3ccc(NC(=O)OC(C)(C)C)cc31)CCC2. The van der Waals surface area contributed by atoms with Gasteiger partial charge in [0.2, 0.25) is 5.91 Å². The molecule has 2 N–H and O–H groups in total. The number of sulfonamides is 1. The van der Waals surface area contributed by atoms with Crippen molar-refractivity contribution in [1.29, 1.82) is 0 Å². The Kier molecular flexibility index (Phi) is 6.78. The number of fused-ring (bicyclic) bond motifs is 2. The predicted octanol–water partition coefficient (Wildman–Crippen LogP) is 2.28. The molecule has 0 saturated carbocycles.